The van der Waals surface area contributed by atoms with Gasteiger partial charge in [0.15, 0.2) is 21.3 Å². The minimum absolute atomic E-state index is 0.0215. The maximum Gasteiger partial charge on any atom is 0.355 e. The molecule has 11 nitrogen and oxygen atoms in total. The number of fused-ring (bicyclic) bond motifs is 1. The Morgan fingerprint density at radius 2 is 1.89 bits per heavy atom. The summed E-state index contributed by atoms with van der Waals surface area (Å²) in [6, 6.07) is 5.33. The number of anilines is 1. The number of carbonyl (C=O) groups is 1. The molecule has 1 atom stereocenters. The maximum atomic E-state index is 15.9. The van der Waals surface area contributed by atoms with E-state index in [2.05, 4.69) is 21.5 Å². The summed E-state index contributed by atoms with van der Waals surface area (Å²) in [6.07, 6.45) is 2.50. The molecular formula is C30H30F2N6O5S. The van der Waals surface area contributed by atoms with Gasteiger partial charge in [-0.2, -0.15) is 4.98 Å². The van der Waals surface area contributed by atoms with Crippen LogP contribution in [0.25, 0.3) is 28.0 Å². The molecule has 0 radical (unpaired) electrons. The van der Waals surface area contributed by atoms with Gasteiger partial charge in [0, 0.05) is 31.9 Å². The van der Waals surface area contributed by atoms with Crippen LogP contribution >= 0.6 is 0 Å². The van der Waals surface area contributed by atoms with E-state index in [0.29, 0.717) is 0 Å². The van der Waals surface area contributed by atoms with Crippen LogP contribution in [0.4, 0.5) is 14.6 Å². The van der Waals surface area contributed by atoms with Gasteiger partial charge in [-0.1, -0.05) is 12.6 Å². The van der Waals surface area contributed by atoms with Crippen molar-refractivity contribution in [3.8, 4) is 22.7 Å². The van der Waals surface area contributed by atoms with Gasteiger partial charge in [0.25, 0.3) is 0 Å². The largest absolute Gasteiger partial charge is 0.507 e. The molecule has 0 bridgehead atoms. The fraction of sp³-hybridized carbons (Fsp3) is 0.300. The number of piperazine rings is 1. The maximum absolute atomic E-state index is 15.9. The van der Waals surface area contributed by atoms with E-state index in [4.69, 9.17) is 0 Å². The van der Waals surface area contributed by atoms with E-state index >= 15 is 4.39 Å². The molecule has 1 aromatic carbocycles. The van der Waals surface area contributed by atoms with E-state index in [0.717, 1.165) is 16.7 Å². The van der Waals surface area contributed by atoms with Crippen LogP contribution < -0.4 is 10.6 Å². The Kier molecular flexibility index (Phi) is 7.97. The summed E-state index contributed by atoms with van der Waals surface area (Å²) in [5.74, 6) is -2.78. The predicted octanol–water partition coefficient (Wildman–Crippen LogP) is 3.54. The first kappa shape index (κ1) is 30.7. The van der Waals surface area contributed by atoms with E-state index in [9.17, 15) is 27.5 Å². The molecule has 1 fully saturated rings. The van der Waals surface area contributed by atoms with Crippen LogP contribution in [0.2, 0.25) is 0 Å². The van der Waals surface area contributed by atoms with E-state index < -0.39 is 49.4 Å². The van der Waals surface area contributed by atoms with Gasteiger partial charge in [0.2, 0.25) is 5.91 Å². The Morgan fingerprint density at radius 1 is 1.16 bits per heavy atom. The Labute approximate surface area is 252 Å². The molecule has 1 N–H and O–H groups in total. The smallest absolute Gasteiger partial charge is 0.355 e. The second kappa shape index (κ2) is 11.4. The number of phenolic OH excluding ortho intramolecular Hbond substituents is 1. The first-order chi connectivity index (χ1) is 20.8. The van der Waals surface area contributed by atoms with E-state index in [-0.39, 0.29) is 64.7 Å². The second-order valence-electron chi connectivity index (χ2n) is 10.7. The highest BCUT2D eigenvalue weighted by atomic mass is 32.2. The zero-order chi connectivity index (χ0) is 32.1. The van der Waals surface area contributed by atoms with Gasteiger partial charge in [-0.25, -0.2) is 31.5 Å². The number of amides is 1. The molecule has 14 heteroatoms. The minimum Gasteiger partial charge on any atom is -0.507 e. The van der Waals surface area contributed by atoms with Crippen LogP contribution in [0, 0.1) is 18.6 Å². The number of carbonyl (C=O) groups excluding carboxylic acids is 1. The van der Waals surface area contributed by atoms with Gasteiger partial charge in [-0.15, -0.1) is 0 Å². The molecule has 0 spiro atoms. The van der Waals surface area contributed by atoms with Crippen molar-refractivity contribution >= 4 is 32.6 Å². The van der Waals surface area contributed by atoms with Gasteiger partial charge in [0.05, 0.1) is 32.5 Å². The lowest BCUT2D eigenvalue weighted by Gasteiger charge is -2.40. The summed E-state index contributed by atoms with van der Waals surface area (Å²) in [4.78, 5) is 42.2. The van der Waals surface area contributed by atoms with Gasteiger partial charge in [-0.05, 0) is 58.0 Å². The number of nitrogens with zero attached hydrogens (tertiary/aromatic N) is 6. The highest BCUT2D eigenvalue weighted by molar-refractivity contribution is 7.92. The van der Waals surface area contributed by atoms with Crippen LogP contribution in [0.5, 0.6) is 5.75 Å². The van der Waals surface area contributed by atoms with E-state index in [1.165, 1.54) is 51.2 Å². The molecule has 1 saturated heterocycles. The second-order valence-corrected chi connectivity index (χ2v) is 13.2. The Bertz CT molecular complexity index is 1980. The fourth-order valence-electron chi connectivity index (χ4n) is 5.34. The quantitative estimate of drug-likeness (QED) is 0.319. The summed E-state index contributed by atoms with van der Waals surface area (Å²) < 4.78 is 58.7. The number of hydrogen-bond donors (Lipinski definition) is 1. The van der Waals surface area contributed by atoms with Crippen LogP contribution in [-0.2, 0) is 14.6 Å². The van der Waals surface area contributed by atoms with Crippen molar-refractivity contribution < 1.29 is 27.1 Å². The summed E-state index contributed by atoms with van der Waals surface area (Å²) >= 11 is 0. The minimum atomic E-state index is -3.99. The van der Waals surface area contributed by atoms with E-state index in [1.54, 1.807) is 16.7 Å². The van der Waals surface area contributed by atoms with Crippen molar-refractivity contribution in [2.45, 2.75) is 43.9 Å². The molecule has 44 heavy (non-hydrogen) atoms. The molecule has 0 aliphatic carbocycles. The molecule has 1 amide bonds. The topological polar surface area (TPSA) is 139 Å². The van der Waals surface area contributed by atoms with Crippen LogP contribution in [0.15, 0.2) is 58.9 Å². The number of halogens is 2. The van der Waals surface area contributed by atoms with Crippen molar-refractivity contribution in [1.29, 1.82) is 0 Å². The number of pyridine rings is 2. The summed E-state index contributed by atoms with van der Waals surface area (Å²) in [6.45, 7) is 10.5. The molecule has 3 aromatic heterocycles. The molecule has 230 valence electrons. The van der Waals surface area contributed by atoms with Gasteiger partial charge in [0.1, 0.15) is 23.1 Å². The van der Waals surface area contributed by atoms with Gasteiger partial charge >= 0.3 is 5.69 Å². The van der Waals surface area contributed by atoms with E-state index in [1.807, 2.05) is 0 Å². The molecule has 0 unspecified atom stereocenters. The highest BCUT2D eigenvalue weighted by Crippen LogP contribution is 2.37. The first-order valence-corrected chi connectivity index (χ1v) is 15.3. The van der Waals surface area contributed by atoms with Crippen LogP contribution in [0.3, 0.4) is 0 Å². The Morgan fingerprint density at radius 3 is 2.52 bits per heavy atom. The molecule has 0 saturated carbocycles. The molecule has 1 aliphatic rings. The predicted molar refractivity (Wildman–Crippen MR) is 161 cm³/mol. The molecule has 5 rings (SSSR count). The number of hydrogen-bond acceptors (Lipinski definition) is 9. The number of aromatic nitrogens is 4. The monoisotopic (exact) mass is 624 g/mol. The van der Waals surface area contributed by atoms with Crippen molar-refractivity contribution in [2.75, 3.05) is 24.5 Å². The number of sulfone groups is 1. The average Bonchev–Trinajstić information content (AvgIpc) is 2.97. The summed E-state index contributed by atoms with van der Waals surface area (Å²) in [5.41, 5.74) is -2.28. The van der Waals surface area contributed by atoms with Gasteiger partial charge in [-0.3, -0.25) is 9.78 Å². The molecule has 1 aliphatic heterocycles. The number of rotatable bonds is 6. The zero-order valence-corrected chi connectivity index (χ0v) is 25.3. The number of phenols is 1. The summed E-state index contributed by atoms with van der Waals surface area (Å²) in [5, 5.41) is 9.61. The molecule has 4 aromatic rings. The fourth-order valence-corrected chi connectivity index (χ4v) is 6.61. The Balaban J connectivity index is 1.87. The average molecular weight is 625 g/mol. The third kappa shape index (κ3) is 5.08. The van der Waals surface area contributed by atoms with Crippen molar-refractivity contribution in [2.24, 2.45) is 0 Å². The lowest BCUT2D eigenvalue weighted by atomic mass is 10.1. The van der Waals surface area contributed by atoms with Crippen molar-refractivity contribution in [1.82, 2.24) is 24.4 Å². The number of aromatic hydroxyl groups is 1. The normalized spacial score (nSPS) is 15.7. The lowest BCUT2D eigenvalue weighted by Crippen LogP contribution is -2.54. The van der Waals surface area contributed by atoms with Crippen LogP contribution in [-0.4, -0.2) is 74.8 Å². The van der Waals surface area contributed by atoms with Crippen LogP contribution in [0.1, 0.15) is 26.5 Å². The van der Waals surface area contributed by atoms with Gasteiger partial charge < -0.3 is 14.9 Å². The third-order valence-corrected chi connectivity index (χ3v) is 9.82. The zero-order valence-electron chi connectivity index (χ0n) is 24.5. The van der Waals surface area contributed by atoms with Crippen molar-refractivity contribution in [3.05, 3.63) is 77.0 Å². The first-order valence-electron chi connectivity index (χ1n) is 13.8. The lowest BCUT2D eigenvalue weighted by molar-refractivity contribution is -0.126. The summed E-state index contributed by atoms with van der Waals surface area (Å²) in [7, 11) is -3.99. The standard InChI is InChI=1S/C30H30F2N6O5S/c1-6-24(40)36-12-13-37(17(4)15-36)28-19-14-21(32)26(25-20(31)8-7-9-22(25)39)34-29(19)38(30(41)35-28)27-18(5)33-11-10-23(27)44(42,43)16(2)3/h6-11,14,16-17,39H,1,12-13,15H2,2-5H3/t17-/m0/s1. The molecule has 4 heterocycles. The van der Waals surface area contributed by atoms with Crippen molar-refractivity contribution in [3.63, 3.8) is 0 Å². The number of aryl methyl sites for hydroxylation is 1. The molecular weight excluding hydrogens is 594 g/mol. The SMILES string of the molecule is C=CC(=O)N1CCN(c2nc(=O)n(-c3c(S(=O)(=O)C(C)C)ccnc3C)c3nc(-c4c(O)cccc4F)c(F)cc23)[C@@H](C)C1. The highest BCUT2D eigenvalue weighted by Gasteiger charge is 2.32. The Hall–Kier alpha value is -4.72. The number of benzene rings is 1. The third-order valence-electron chi connectivity index (χ3n) is 7.64.